The summed E-state index contributed by atoms with van der Waals surface area (Å²) in [7, 11) is 0. The molecule has 118 valence electrons. The number of rotatable bonds is 10. The number of nitrogens with zero attached hydrogens (tertiary/aromatic N) is 1. The molecule has 0 aliphatic carbocycles. The molecule has 0 bridgehead atoms. The van der Waals surface area contributed by atoms with Gasteiger partial charge in [0.05, 0.1) is 0 Å². The van der Waals surface area contributed by atoms with Gasteiger partial charge in [-0.1, -0.05) is 18.0 Å². The van der Waals surface area contributed by atoms with Crippen LogP contribution in [0.15, 0.2) is 10.6 Å². The number of aryl methyl sites for hydroxylation is 1. The van der Waals surface area contributed by atoms with Gasteiger partial charge in [-0.2, -0.15) is 0 Å². The molecule has 1 fully saturated rings. The van der Waals surface area contributed by atoms with E-state index in [0.29, 0.717) is 18.0 Å². The lowest BCUT2D eigenvalue weighted by atomic mass is 10.00. The van der Waals surface area contributed by atoms with E-state index in [4.69, 9.17) is 14.4 Å². The fourth-order valence-electron chi connectivity index (χ4n) is 2.60. The molecule has 1 aliphatic heterocycles. The minimum absolute atomic E-state index is 0.0668. The molecular formula is C16H25NO4. The molecule has 0 spiro atoms. The Balaban J connectivity index is 1.67. The smallest absolute Gasteiger partial charge is 0.184 e. The monoisotopic (exact) mass is 295 g/mol. The van der Waals surface area contributed by atoms with Crippen molar-refractivity contribution in [2.45, 2.75) is 51.4 Å². The van der Waals surface area contributed by atoms with Crippen molar-refractivity contribution in [2.75, 3.05) is 19.8 Å². The molecule has 0 amide bonds. The molecule has 1 N–H and O–H groups in total. The van der Waals surface area contributed by atoms with Gasteiger partial charge in [-0.3, -0.25) is 4.79 Å². The summed E-state index contributed by atoms with van der Waals surface area (Å²) in [5.74, 6) is 1.37. The first kappa shape index (κ1) is 16.2. The van der Waals surface area contributed by atoms with Crippen molar-refractivity contribution >= 4 is 5.78 Å². The third-order valence-electron chi connectivity index (χ3n) is 3.98. The van der Waals surface area contributed by atoms with Crippen LogP contribution in [0.25, 0.3) is 0 Å². The average Bonchev–Trinajstić information content (AvgIpc) is 3.16. The van der Waals surface area contributed by atoms with E-state index in [1.54, 1.807) is 6.07 Å². The maximum Gasteiger partial charge on any atom is 0.184 e. The number of hydrogen-bond donors (Lipinski definition) is 1. The SMILES string of the molecule is O=C(CCC1CCOC1)c1cc(CCCCCCO)on1. The van der Waals surface area contributed by atoms with Crippen LogP contribution in [0, 0.1) is 5.92 Å². The molecule has 2 heterocycles. The molecule has 0 aromatic carbocycles. The van der Waals surface area contributed by atoms with Crippen LogP contribution in [0.3, 0.4) is 0 Å². The number of carbonyl (C=O) groups excluding carboxylic acids is 1. The van der Waals surface area contributed by atoms with Crippen LogP contribution in [0.5, 0.6) is 0 Å². The van der Waals surface area contributed by atoms with Crippen molar-refractivity contribution in [3.8, 4) is 0 Å². The number of ketones is 1. The quantitative estimate of drug-likeness (QED) is 0.531. The first-order chi connectivity index (χ1) is 10.3. The van der Waals surface area contributed by atoms with Gasteiger partial charge in [-0.25, -0.2) is 0 Å². The fraction of sp³-hybridized carbons (Fsp3) is 0.750. The van der Waals surface area contributed by atoms with Gasteiger partial charge in [0.1, 0.15) is 11.5 Å². The largest absolute Gasteiger partial charge is 0.396 e. The van der Waals surface area contributed by atoms with Crippen molar-refractivity contribution in [3.05, 3.63) is 17.5 Å². The van der Waals surface area contributed by atoms with E-state index >= 15 is 0 Å². The molecule has 1 aromatic rings. The van der Waals surface area contributed by atoms with Crippen molar-refractivity contribution in [1.29, 1.82) is 0 Å². The van der Waals surface area contributed by atoms with E-state index in [1.807, 2.05) is 0 Å². The molecule has 1 aromatic heterocycles. The minimum atomic E-state index is 0.0668. The van der Waals surface area contributed by atoms with Crippen LogP contribution in [0.4, 0.5) is 0 Å². The molecule has 21 heavy (non-hydrogen) atoms. The highest BCUT2D eigenvalue weighted by atomic mass is 16.5. The van der Waals surface area contributed by atoms with Crippen molar-refractivity contribution in [2.24, 2.45) is 5.92 Å². The second kappa shape index (κ2) is 8.95. The topological polar surface area (TPSA) is 72.6 Å². The summed E-state index contributed by atoms with van der Waals surface area (Å²) in [6.07, 6.45) is 7.21. The lowest BCUT2D eigenvalue weighted by Crippen LogP contribution is -2.05. The summed E-state index contributed by atoms with van der Waals surface area (Å²) < 4.78 is 10.5. The van der Waals surface area contributed by atoms with Gasteiger partial charge in [0.2, 0.25) is 0 Å². The Morgan fingerprint density at radius 3 is 2.95 bits per heavy atom. The Labute approximate surface area is 125 Å². The lowest BCUT2D eigenvalue weighted by Gasteiger charge is -2.04. The zero-order chi connectivity index (χ0) is 14.9. The van der Waals surface area contributed by atoms with Crippen molar-refractivity contribution in [3.63, 3.8) is 0 Å². The summed E-state index contributed by atoms with van der Waals surface area (Å²) in [4.78, 5) is 12.0. The first-order valence-electron chi connectivity index (χ1n) is 7.97. The van der Waals surface area contributed by atoms with Gasteiger partial charge < -0.3 is 14.4 Å². The van der Waals surface area contributed by atoms with Crippen LogP contribution < -0.4 is 0 Å². The van der Waals surface area contributed by atoms with Gasteiger partial charge in [0.15, 0.2) is 5.78 Å². The Kier molecular flexibility index (Phi) is 6.89. The fourth-order valence-corrected chi connectivity index (χ4v) is 2.60. The van der Waals surface area contributed by atoms with Gasteiger partial charge >= 0.3 is 0 Å². The second-order valence-electron chi connectivity index (χ2n) is 5.76. The molecule has 1 aliphatic rings. The van der Waals surface area contributed by atoms with E-state index in [9.17, 15) is 4.79 Å². The molecule has 0 radical (unpaired) electrons. The van der Waals surface area contributed by atoms with Crippen LogP contribution >= 0.6 is 0 Å². The van der Waals surface area contributed by atoms with Crippen LogP contribution in [0.2, 0.25) is 0 Å². The van der Waals surface area contributed by atoms with Crippen LogP contribution in [-0.2, 0) is 11.2 Å². The minimum Gasteiger partial charge on any atom is -0.396 e. The Morgan fingerprint density at radius 1 is 1.33 bits per heavy atom. The summed E-state index contributed by atoms with van der Waals surface area (Å²) in [5, 5.41) is 12.6. The van der Waals surface area contributed by atoms with Crippen molar-refractivity contribution < 1.29 is 19.2 Å². The summed E-state index contributed by atoms with van der Waals surface area (Å²) in [6.45, 7) is 1.86. The zero-order valence-corrected chi connectivity index (χ0v) is 12.6. The van der Waals surface area contributed by atoms with E-state index < -0.39 is 0 Å². The van der Waals surface area contributed by atoms with Gasteiger partial charge in [0, 0.05) is 38.7 Å². The number of carbonyl (C=O) groups is 1. The number of aliphatic hydroxyl groups is 1. The average molecular weight is 295 g/mol. The molecule has 5 heteroatoms. The summed E-state index contributed by atoms with van der Waals surface area (Å²) in [5.41, 5.74) is 0.458. The third kappa shape index (κ3) is 5.59. The molecular weight excluding hydrogens is 270 g/mol. The summed E-state index contributed by atoms with van der Waals surface area (Å²) in [6, 6.07) is 1.78. The Bertz CT molecular complexity index is 424. The standard InChI is InChI=1S/C16H25NO4/c18-9-4-2-1-3-5-14-11-15(17-21-14)16(19)7-6-13-8-10-20-12-13/h11,13,18H,1-10,12H2. The Hall–Kier alpha value is -1.20. The second-order valence-corrected chi connectivity index (χ2v) is 5.76. The van der Waals surface area contributed by atoms with Crippen LogP contribution in [-0.4, -0.2) is 35.9 Å². The number of aromatic nitrogens is 1. The number of unbranched alkanes of at least 4 members (excludes halogenated alkanes) is 3. The van der Waals surface area contributed by atoms with Gasteiger partial charge in [0.25, 0.3) is 0 Å². The number of hydrogen-bond acceptors (Lipinski definition) is 5. The third-order valence-corrected chi connectivity index (χ3v) is 3.98. The highest BCUT2D eigenvalue weighted by Crippen LogP contribution is 2.19. The predicted octanol–water partition coefficient (Wildman–Crippen LogP) is 2.77. The lowest BCUT2D eigenvalue weighted by molar-refractivity contribution is 0.0962. The van der Waals surface area contributed by atoms with Crippen LogP contribution in [0.1, 0.15) is 61.2 Å². The Morgan fingerprint density at radius 2 is 2.19 bits per heavy atom. The first-order valence-corrected chi connectivity index (χ1v) is 7.97. The normalized spacial score (nSPS) is 18.2. The number of ether oxygens (including phenoxy) is 1. The van der Waals surface area contributed by atoms with Gasteiger partial charge in [-0.05, 0) is 31.6 Å². The molecule has 1 saturated heterocycles. The van der Waals surface area contributed by atoms with E-state index in [1.165, 1.54) is 0 Å². The van der Waals surface area contributed by atoms with E-state index in [-0.39, 0.29) is 12.4 Å². The molecule has 5 nitrogen and oxygen atoms in total. The zero-order valence-electron chi connectivity index (χ0n) is 12.6. The van der Waals surface area contributed by atoms with Gasteiger partial charge in [-0.15, -0.1) is 0 Å². The number of aliphatic hydroxyl groups excluding tert-OH is 1. The molecule has 1 unspecified atom stereocenters. The maximum atomic E-state index is 12.0. The van der Waals surface area contributed by atoms with E-state index in [0.717, 1.165) is 63.9 Å². The number of Topliss-reactive ketones (excluding diaryl/α,β-unsaturated/α-hetero) is 1. The molecule has 0 saturated carbocycles. The molecule has 2 rings (SSSR count). The molecule has 1 atom stereocenters. The highest BCUT2D eigenvalue weighted by molar-refractivity contribution is 5.94. The van der Waals surface area contributed by atoms with E-state index in [2.05, 4.69) is 5.16 Å². The van der Waals surface area contributed by atoms with Crippen molar-refractivity contribution in [1.82, 2.24) is 5.16 Å². The summed E-state index contributed by atoms with van der Waals surface area (Å²) >= 11 is 0. The maximum absolute atomic E-state index is 12.0. The highest BCUT2D eigenvalue weighted by Gasteiger charge is 2.19. The predicted molar refractivity (Wildman–Crippen MR) is 78.3 cm³/mol.